The Kier molecular flexibility index (Phi) is 5.38. The lowest BCUT2D eigenvalue weighted by Crippen LogP contribution is -2.44. The molecule has 1 amide bonds. The highest BCUT2D eigenvalue weighted by Crippen LogP contribution is 2.54. The molecule has 1 fully saturated rings. The van der Waals surface area contributed by atoms with Crippen molar-refractivity contribution in [2.45, 2.75) is 38.5 Å². The quantitative estimate of drug-likeness (QED) is 0.505. The molecule has 2 aromatic carbocycles. The average Bonchev–Trinajstić information content (AvgIpc) is 3.49. The first-order valence-corrected chi connectivity index (χ1v) is 11.5. The molecule has 0 bridgehead atoms. The predicted molar refractivity (Wildman–Crippen MR) is 124 cm³/mol. The van der Waals surface area contributed by atoms with E-state index in [1.807, 2.05) is 24.3 Å². The van der Waals surface area contributed by atoms with Gasteiger partial charge >= 0.3 is 5.97 Å². The van der Waals surface area contributed by atoms with Crippen LogP contribution in [0.15, 0.2) is 42.5 Å². The first-order chi connectivity index (χ1) is 16.4. The lowest BCUT2D eigenvalue weighted by atomic mass is 9.88. The van der Waals surface area contributed by atoms with E-state index in [0.717, 1.165) is 24.9 Å². The number of hydrogen-bond acceptors (Lipinski definition) is 5. The molecule has 5 rings (SSSR count). The smallest absolute Gasteiger partial charge is 0.359 e. The number of carbonyl (C=O) groups excluding carboxylic acids is 2. The van der Waals surface area contributed by atoms with Crippen molar-refractivity contribution in [1.82, 2.24) is 9.78 Å². The molecule has 0 saturated heterocycles. The zero-order valence-corrected chi connectivity index (χ0v) is 19.4. The zero-order chi connectivity index (χ0) is 24.0. The van der Waals surface area contributed by atoms with Gasteiger partial charge in [0.05, 0.1) is 19.4 Å². The van der Waals surface area contributed by atoms with Crippen LogP contribution in [0.2, 0.25) is 0 Å². The monoisotopic (exact) mass is 463 g/mol. The van der Waals surface area contributed by atoms with Crippen molar-refractivity contribution >= 4 is 17.6 Å². The number of nitrogens with zero attached hydrogens (tertiary/aromatic N) is 3. The van der Waals surface area contributed by atoms with Crippen LogP contribution in [0.1, 0.15) is 58.8 Å². The topological polar surface area (TPSA) is 73.7 Å². The third-order valence-electron chi connectivity index (χ3n) is 6.68. The molecule has 34 heavy (non-hydrogen) atoms. The summed E-state index contributed by atoms with van der Waals surface area (Å²) in [7, 11) is 1.38. The fraction of sp³-hybridized carbons (Fsp3) is 0.346. The van der Waals surface area contributed by atoms with Crippen LogP contribution in [0.25, 0.3) is 5.69 Å². The Labute approximate surface area is 197 Å². The van der Waals surface area contributed by atoms with Crippen LogP contribution < -0.4 is 9.64 Å². The molecule has 8 heteroatoms. The van der Waals surface area contributed by atoms with E-state index >= 15 is 0 Å². The summed E-state index contributed by atoms with van der Waals surface area (Å²) in [6, 6.07) is 12.3. The molecule has 0 atom stereocenters. The van der Waals surface area contributed by atoms with Crippen LogP contribution in [0.5, 0.6) is 5.75 Å². The largest absolute Gasteiger partial charge is 0.494 e. The summed E-state index contributed by atoms with van der Waals surface area (Å²) < 4.78 is 26.2. The van der Waals surface area contributed by atoms with Crippen LogP contribution >= 0.6 is 0 Å². The molecule has 0 radical (unpaired) electrons. The number of ether oxygens (including phenoxy) is 2. The van der Waals surface area contributed by atoms with Crippen molar-refractivity contribution in [1.29, 1.82) is 0 Å². The average molecular weight is 464 g/mol. The SMILES string of the molecule is CCOC(=O)c1nn(-c2ccc(OC)c(F)c2)c2c1C1(CC1)CN(c1ccc(CC)cc1)C2=O. The highest BCUT2D eigenvalue weighted by molar-refractivity contribution is 6.10. The van der Waals surface area contributed by atoms with E-state index in [4.69, 9.17) is 9.47 Å². The van der Waals surface area contributed by atoms with Gasteiger partial charge < -0.3 is 14.4 Å². The molecular weight excluding hydrogens is 437 g/mol. The molecule has 1 aliphatic heterocycles. The zero-order valence-electron chi connectivity index (χ0n) is 19.4. The molecule has 7 nitrogen and oxygen atoms in total. The lowest BCUT2D eigenvalue weighted by molar-refractivity contribution is 0.0516. The Morgan fingerprint density at radius 3 is 2.41 bits per heavy atom. The number of halogens is 1. The van der Waals surface area contributed by atoms with Crippen molar-refractivity contribution in [3.63, 3.8) is 0 Å². The molecule has 0 N–H and O–H groups in total. The molecule has 176 valence electrons. The Morgan fingerprint density at radius 2 is 1.82 bits per heavy atom. The minimum absolute atomic E-state index is 0.0815. The van der Waals surface area contributed by atoms with Crippen LogP contribution in [0.3, 0.4) is 0 Å². The number of fused-ring (bicyclic) bond motifs is 2. The summed E-state index contributed by atoms with van der Waals surface area (Å²) in [5.41, 5.74) is 2.92. The number of rotatable bonds is 6. The fourth-order valence-electron chi connectivity index (χ4n) is 4.69. The molecule has 1 aliphatic carbocycles. The van der Waals surface area contributed by atoms with E-state index in [-0.39, 0.29) is 35.1 Å². The summed E-state index contributed by atoms with van der Waals surface area (Å²) in [6.45, 7) is 4.45. The van der Waals surface area contributed by atoms with Crippen LogP contribution in [0, 0.1) is 5.82 Å². The Bertz CT molecular complexity index is 1280. The maximum absolute atomic E-state index is 14.6. The summed E-state index contributed by atoms with van der Waals surface area (Å²) in [4.78, 5) is 28.5. The van der Waals surface area contributed by atoms with E-state index in [2.05, 4.69) is 12.0 Å². The standard InChI is InChI=1S/C26H26FN3O4/c1-4-16-6-8-17(9-7-16)29-15-26(12-13-26)21-22(25(32)34-5-2)28-30(23(21)24(29)31)18-10-11-20(33-3)19(27)14-18/h6-11,14H,4-5,12-13,15H2,1-3H3. The number of hydrogen-bond donors (Lipinski definition) is 0. The number of amides is 1. The Hall–Kier alpha value is -3.68. The molecule has 1 aromatic heterocycles. The molecule has 1 saturated carbocycles. The van der Waals surface area contributed by atoms with Crippen LogP contribution in [-0.4, -0.2) is 41.9 Å². The van der Waals surface area contributed by atoms with Crippen molar-refractivity contribution < 1.29 is 23.5 Å². The van der Waals surface area contributed by atoms with Crippen molar-refractivity contribution in [3.8, 4) is 11.4 Å². The van der Waals surface area contributed by atoms with Gasteiger partial charge in [0.15, 0.2) is 17.3 Å². The number of methoxy groups -OCH3 is 1. The Morgan fingerprint density at radius 1 is 1.12 bits per heavy atom. The summed E-state index contributed by atoms with van der Waals surface area (Å²) in [5, 5.41) is 4.51. The van der Waals surface area contributed by atoms with E-state index in [0.29, 0.717) is 17.8 Å². The third kappa shape index (κ3) is 3.45. The van der Waals surface area contributed by atoms with Gasteiger partial charge in [0.25, 0.3) is 5.91 Å². The van der Waals surface area contributed by atoms with Gasteiger partial charge in [0.1, 0.15) is 5.69 Å². The van der Waals surface area contributed by atoms with Crippen molar-refractivity contribution in [3.05, 3.63) is 70.8 Å². The summed E-state index contributed by atoms with van der Waals surface area (Å²) in [5.74, 6) is -1.36. The number of benzene rings is 2. The predicted octanol–water partition coefficient (Wildman–Crippen LogP) is 4.45. The van der Waals surface area contributed by atoms with Gasteiger partial charge in [-0.15, -0.1) is 0 Å². The van der Waals surface area contributed by atoms with Gasteiger partial charge in [0.2, 0.25) is 0 Å². The van der Waals surface area contributed by atoms with Crippen LogP contribution in [-0.2, 0) is 16.6 Å². The number of esters is 1. The van der Waals surface area contributed by atoms with Gasteiger partial charge in [-0.2, -0.15) is 5.10 Å². The van der Waals surface area contributed by atoms with E-state index in [1.54, 1.807) is 17.9 Å². The molecule has 0 unspecified atom stereocenters. The van der Waals surface area contributed by atoms with Crippen LogP contribution in [0.4, 0.5) is 10.1 Å². The second-order valence-corrected chi connectivity index (χ2v) is 8.71. The molecule has 2 aliphatic rings. The summed E-state index contributed by atoms with van der Waals surface area (Å²) >= 11 is 0. The minimum Gasteiger partial charge on any atom is -0.494 e. The van der Waals surface area contributed by atoms with E-state index in [9.17, 15) is 14.0 Å². The lowest BCUT2D eigenvalue weighted by Gasteiger charge is -2.33. The number of aryl methyl sites for hydroxylation is 1. The maximum Gasteiger partial charge on any atom is 0.359 e. The van der Waals surface area contributed by atoms with Gasteiger partial charge in [-0.3, -0.25) is 4.79 Å². The fourth-order valence-corrected chi connectivity index (χ4v) is 4.69. The van der Waals surface area contributed by atoms with Gasteiger partial charge in [-0.05, 0) is 56.0 Å². The van der Waals surface area contributed by atoms with Crippen molar-refractivity contribution in [2.24, 2.45) is 0 Å². The highest BCUT2D eigenvalue weighted by atomic mass is 19.1. The van der Waals surface area contributed by atoms with Gasteiger partial charge in [-0.25, -0.2) is 13.9 Å². The number of anilines is 1. The van der Waals surface area contributed by atoms with Gasteiger partial charge in [-0.1, -0.05) is 19.1 Å². The second-order valence-electron chi connectivity index (χ2n) is 8.71. The molecular formula is C26H26FN3O4. The third-order valence-corrected chi connectivity index (χ3v) is 6.68. The molecule has 1 spiro atoms. The Balaban J connectivity index is 1.69. The summed E-state index contributed by atoms with van der Waals surface area (Å²) in [6.07, 6.45) is 2.55. The van der Waals surface area contributed by atoms with E-state index < -0.39 is 11.8 Å². The van der Waals surface area contributed by atoms with E-state index in [1.165, 1.54) is 29.5 Å². The number of carbonyl (C=O) groups is 2. The minimum atomic E-state index is -0.585. The second kappa shape index (κ2) is 8.27. The van der Waals surface area contributed by atoms with Crippen molar-refractivity contribution in [2.75, 3.05) is 25.2 Å². The first kappa shape index (κ1) is 22.1. The normalized spacial score (nSPS) is 15.9. The first-order valence-electron chi connectivity index (χ1n) is 11.5. The highest BCUT2D eigenvalue weighted by Gasteiger charge is 2.56. The number of aromatic nitrogens is 2. The molecule has 2 heterocycles. The molecule has 3 aromatic rings. The maximum atomic E-state index is 14.6. The van der Waals surface area contributed by atoms with Gasteiger partial charge in [0, 0.05) is 29.3 Å².